The predicted molar refractivity (Wildman–Crippen MR) is 85.2 cm³/mol. The largest absolute Gasteiger partial charge is 3.00 e. The Bertz CT molecular complexity index is 510. The van der Waals surface area contributed by atoms with Crippen LogP contribution in [-0.4, -0.2) is 23.7 Å². The van der Waals surface area contributed by atoms with Crippen LogP contribution < -0.4 is 0 Å². The molecule has 3 aromatic rings. The molecule has 0 aliphatic carbocycles. The van der Waals surface area contributed by atoms with Crippen LogP contribution in [0.15, 0.2) is 43.1 Å². The standard InChI is InChI=1S/C6H8N.2C5H7N2.Y/c1-6-4-3-5-7(6)2;2*1-5-6-3-4-7(5)2;/h3-5H,1H2,2H3;2*3-4H,1H2,2H3;/q3*-1;+3. The number of aromatic nitrogens is 5. The minimum Gasteiger partial charge on any atom is -0.387 e. The summed E-state index contributed by atoms with van der Waals surface area (Å²) >= 11 is 0. The van der Waals surface area contributed by atoms with E-state index in [4.69, 9.17) is 0 Å². The fourth-order valence-corrected chi connectivity index (χ4v) is 1.29. The normalized spacial score (nSPS) is 8.86. The van der Waals surface area contributed by atoms with E-state index in [0.717, 1.165) is 17.3 Å². The van der Waals surface area contributed by atoms with Gasteiger partial charge in [0.05, 0.1) is 0 Å². The molecule has 0 radical (unpaired) electrons. The smallest absolute Gasteiger partial charge is 0.387 e. The third-order valence-corrected chi connectivity index (χ3v) is 2.89. The molecular formula is C16H22N5Y. The van der Waals surface area contributed by atoms with Crippen LogP contribution in [0.25, 0.3) is 0 Å². The van der Waals surface area contributed by atoms with Crippen molar-refractivity contribution in [3.63, 3.8) is 0 Å². The van der Waals surface area contributed by atoms with E-state index in [9.17, 15) is 0 Å². The molecule has 5 nitrogen and oxygen atoms in total. The van der Waals surface area contributed by atoms with Gasteiger partial charge in [0.2, 0.25) is 0 Å². The van der Waals surface area contributed by atoms with Crippen LogP contribution >= 0.6 is 0 Å². The van der Waals surface area contributed by atoms with Gasteiger partial charge in [-0.1, -0.05) is 0 Å². The van der Waals surface area contributed by atoms with Crippen LogP contribution in [0.3, 0.4) is 0 Å². The molecule has 0 bridgehead atoms. The van der Waals surface area contributed by atoms with Crippen molar-refractivity contribution in [2.75, 3.05) is 0 Å². The molecule has 22 heavy (non-hydrogen) atoms. The Kier molecular flexibility index (Phi) is 9.46. The zero-order chi connectivity index (χ0) is 15.8. The van der Waals surface area contributed by atoms with E-state index in [1.807, 2.05) is 65.6 Å². The first kappa shape index (κ1) is 20.4. The summed E-state index contributed by atoms with van der Waals surface area (Å²) in [5.74, 6) is 1.61. The van der Waals surface area contributed by atoms with Gasteiger partial charge in [0.25, 0.3) is 0 Å². The van der Waals surface area contributed by atoms with Gasteiger partial charge in [0.15, 0.2) is 0 Å². The van der Waals surface area contributed by atoms with Gasteiger partial charge in [0.1, 0.15) is 0 Å². The summed E-state index contributed by atoms with van der Waals surface area (Å²) in [6, 6.07) is 3.95. The van der Waals surface area contributed by atoms with Gasteiger partial charge in [-0.15, -0.1) is 11.8 Å². The summed E-state index contributed by atoms with van der Waals surface area (Å²) in [5, 5.41) is 0. The maximum absolute atomic E-state index is 3.87. The maximum atomic E-state index is 3.87. The van der Waals surface area contributed by atoms with Gasteiger partial charge in [0, 0.05) is 45.9 Å². The fourth-order valence-electron chi connectivity index (χ4n) is 1.29. The molecule has 0 saturated heterocycles. The van der Waals surface area contributed by atoms with E-state index >= 15 is 0 Å². The quantitative estimate of drug-likeness (QED) is 0.568. The molecule has 3 aromatic heterocycles. The average molecular weight is 373 g/mol. The van der Waals surface area contributed by atoms with Crippen molar-refractivity contribution in [3.05, 3.63) is 81.2 Å². The zero-order valence-electron chi connectivity index (χ0n) is 13.5. The third-order valence-electron chi connectivity index (χ3n) is 2.89. The van der Waals surface area contributed by atoms with Crippen LogP contribution in [0.5, 0.6) is 0 Å². The summed E-state index contributed by atoms with van der Waals surface area (Å²) < 4.78 is 5.69. The molecule has 0 spiro atoms. The zero-order valence-corrected chi connectivity index (χ0v) is 16.3. The first-order chi connectivity index (χ1) is 9.91. The monoisotopic (exact) mass is 373 g/mol. The summed E-state index contributed by atoms with van der Waals surface area (Å²) in [4.78, 5) is 7.74. The number of hydrogen-bond donors (Lipinski definition) is 0. The molecule has 3 rings (SSSR count). The van der Waals surface area contributed by atoms with Crippen LogP contribution in [0.1, 0.15) is 17.3 Å². The van der Waals surface area contributed by atoms with Crippen LogP contribution in [0.2, 0.25) is 0 Å². The molecule has 0 fully saturated rings. The second kappa shape index (κ2) is 10.2. The Morgan fingerprint density at radius 1 is 0.773 bits per heavy atom. The van der Waals surface area contributed by atoms with E-state index in [-0.39, 0.29) is 32.7 Å². The second-order valence-corrected chi connectivity index (χ2v) is 4.52. The topological polar surface area (TPSA) is 40.6 Å². The fraction of sp³-hybridized carbons (Fsp3) is 0.188. The molecule has 0 N–H and O–H groups in total. The number of rotatable bonds is 0. The Labute approximate surface area is 158 Å². The van der Waals surface area contributed by atoms with Gasteiger partial charge >= 0.3 is 32.7 Å². The van der Waals surface area contributed by atoms with Gasteiger partial charge in [-0.3, -0.25) is 9.97 Å². The summed E-state index contributed by atoms with van der Waals surface area (Å²) in [5.41, 5.74) is 1.06. The molecule has 0 amide bonds. The summed E-state index contributed by atoms with van der Waals surface area (Å²) in [6.07, 6.45) is 9.15. The van der Waals surface area contributed by atoms with Crippen molar-refractivity contribution in [3.8, 4) is 0 Å². The van der Waals surface area contributed by atoms with Crippen molar-refractivity contribution >= 4 is 0 Å². The minimum atomic E-state index is 0. The first-order valence-electron chi connectivity index (χ1n) is 6.43. The van der Waals surface area contributed by atoms with Gasteiger partial charge in [-0.05, 0) is 17.8 Å². The molecule has 3 heterocycles. The molecule has 6 heteroatoms. The average Bonchev–Trinajstić information content (AvgIpc) is 3.11. The van der Waals surface area contributed by atoms with E-state index in [0.29, 0.717) is 0 Å². The summed E-state index contributed by atoms with van der Waals surface area (Å²) in [6.45, 7) is 11.0. The third kappa shape index (κ3) is 6.92. The molecule has 0 aliphatic rings. The van der Waals surface area contributed by atoms with Gasteiger partial charge in [-0.2, -0.15) is 6.07 Å². The van der Waals surface area contributed by atoms with E-state index < -0.39 is 0 Å². The predicted octanol–water partition coefficient (Wildman–Crippen LogP) is 2.41. The first-order valence-corrected chi connectivity index (χ1v) is 6.43. The Morgan fingerprint density at radius 3 is 1.32 bits per heavy atom. The molecular weight excluding hydrogens is 351 g/mol. The number of hydrogen-bond acceptors (Lipinski definition) is 2. The van der Waals surface area contributed by atoms with Crippen molar-refractivity contribution in [2.24, 2.45) is 21.1 Å². The Balaban J connectivity index is 0.000000294. The van der Waals surface area contributed by atoms with Crippen LogP contribution in [0.4, 0.5) is 0 Å². The van der Waals surface area contributed by atoms with Gasteiger partial charge in [-0.25, -0.2) is 6.92 Å². The number of aryl methyl sites for hydroxylation is 3. The number of imidazole rings is 2. The Hall–Kier alpha value is -1.59. The molecule has 0 saturated carbocycles. The minimum absolute atomic E-state index is 0. The molecule has 0 unspecified atom stereocenters. The summed E-state index contributed by atoms with van der Waals surface area (Å²) in [7, 11) is 5.80. The SMILES string of the molecule is [CH2-]c1cccn1C.[CH2-]c1nccn1C.[CH2-]c1nccn1C.[Y+3]. The van der Waals surface area contributed by atoms with Crippen LogP contribution in [-0.2, 0) is 53.9 Å². The van der Waals surface area contributed by atoms with Crippen molar-refractivity contribution in [1.82, 2.24) is 23.7 Å². The number of nitrogens with zero attached hydrogens (tertiary/aromatic N) is 5. The molecule has 0 atom stereocenters. The molecule has 114 valence electrons. The molecule has 0 aliphatic heterocycles. The van der Waals surface area contributed by atoms with Crippen LogP contribution in [0, 0.1) is 20.8 Å². The maximum Gasteiger partial charge on any atom is 3.00 e. The van der Waals surface area contributed by atoms with E-state index in [2.05, 4.69) is 30.7 Å². The van der Waals surface area contributed by atoms with Gasteiger partial charge < -0.3 is 27.5 Å². The van der Waals surface area contributed by atoms with E-state index in [1.165, 1.54) is 0 Å². The van der Waals surface area contributed by atoms with Crippen molar-refractivity contribution in [2.45, 2.75) is 0 Å². The van der Waals surface area contributed by atoms with Crippen molar-refractivity contribution < 1.29 is 32.7 Å². The molecule has 0 aromatic carbocycles. The van der Waals surface area contributed by atoms with Crippen molar-refractivity contribution in [1.29, 1.82) is 0 Å². The Morgan fingerprint density at radius 2 is 1.23 bits per heavy atom. The van der Waals surface area contributed by atoms with E-state index in [1.54, 1.807) is 12.4 Å². The second-order valence-electron chi connectivity index (χ2n) is 4.52.